The summed E-state index contributed by atoms with van der Waals surface area (Å²) in [7, 11) is 2.26. The first kappa shape index (κ1) is 16.7. The minimum absolute atomic E-state index is 0.852. The summed E-state index contributed by atoms with van der Waals surface area (Å²) in [5, 5.41) is 0. The van der Waals surface area contributed by atoms with Gasteiger partial charge in [-0.15, -0.1) is 0 Å². The number of hydrogen-bond donors (Lipinski definition) is 0. The lowest BCUT2D eigenvalue weighted by Crippen LogP contribution is -2.49. The van der Waals surface area contributed by atoms with Gasteiger partial charge in [-0.1, -0.05) is 0 Å². The summed E-state index contributed by atoms with van der Waals surface area (Å²) >= 11 is 0. The lowest BCUT2D eigenvalue weighted by atomic mass is 9.97. The Morgan fingerprint density at radius 2 is 1.74 bits per heavy atom. The highest BCUT2D eigenvalue weighted by atomic mass is 15.3. The molecule has 0 bridgehead atoms. The zero-order valence-corrected chi connectivity index (χ0v) is 15.2. The summed E-state index contributed by atoms with van der Waals surface area (Å²) in [5.41, 5.74) is 2.35. The van der Waals surface area contributed by atoms with Crippen molar-refractivity contribution in [2.24, 2.45) is 5.92 Å². The number of likely N-dealkylation sites (tertiary alicyclic amines) is 1. The van der Waals surface area contributed by atoms with E-state index >= 15 is 0 Å². The van der Waals surface area contributed by atoms with Crippen LogP contribution in [0.4, 0.5) is 5.82 Å². The first-order valence-electron chi connectivity index (χ1n) is 9.00. The highest BCUT2D eigenvalue weighted by molar-refractivity contribution is 5.48. The molecule has 2 aliphatic heterocycles. The van der Waals surface area contributed by atoms with Crippen molar-refractivity contribution in [3.8, 4) is 0 Å². The van der Waals surface area contributed by atoms with Crippen molar-refractivity contribution in [1.29, 1.82) is 0 Å². The molecule has 1 atom stereocenters. The minimum Gasteiger partial charge on any atom is -0.354 e. The second-order valence-corrected chi connectivity index (χ2v) is 7.36. The molecule has 0 N–H and O–H groups in total. The zero-order valence-electron chi connectivity index (χ0n) is 15.2. The lowest BCUT2D eigenvalue weighted by Gasteiger charge is -2.39. The normalized spacial score (nSPS) is 24.2. The van der Waals surface area contributed by atoms with Gasteiger partial charge in [-0.3, -0.25) is 4.90 Å². The molecule has 0 unspecified atom stereocenters. The number of aromatic nitrogens is 2. The van der Waals surface area contributed by atoms with Crippen molar-refractivity contribution in [3.05, 3.63) is 17.1 Å². The predicted molar refractivity (Wildman–Crippen MR) is 95.1 cm³/mol. The fourth-order valence-electron chi connectivity index (χ4n) is 3.99. The van der Waals surface area contributed by atoms with Gasteiger partial charge in [0.1, 0.15) is 11.6 Å². The van der Waals surface area contributed by atoms with Crippen molar-refractivity contribution < 1.29 is 0 Å². The van der Waals surface area contributed by atoms with Crippen molar-refractivity contribution in [2.75, 3.05) is 57.8 Å². The Labute approximate surface area is 140 Å². The van der Waals surface area contributed by atoms with Crippen molar-refractivity contribution >= 4 is 5.82 Å². The number of nitrogens with zero attached hydrogens (tertiary/aromatic N) is 5. The highest BCUT2D eigenvalue weighted by Gasteiger charge is 2.24. The first-order chi connectivity index (χ1) is 11.0. The molecule has 0 radical (unpaired) electrons. The standard InChI is InChI=1S/C18H31N5/c1-14-15(2)19-16(3)20-18(14)23-10-8-22(9-11-23)13-17-6-5-7-21(4)12-17/h17H,5-13H2,1-4H3/t17-/m1/s1. The van der Waals surface area contributed by atoms with E-state index < -0.39 is 0 Å². The van der Waals surface area contributed by atoms with Crippen LogP contribution in [0.1, 0.15) is 29.9 Å². The van der Waals surface area contributed by atoms with E-state index in [0.29, 0.717) is 0 Å². The molecule has 23 heavy (non-hydrogen) atoms. The topological polar surface area (TPSA) is 35.5 Å². The van der Waals surface area contributed by atoms with Crippen LogP contribution in [0, 0.1) is 26.7 Å². The Balaban J connectivity index is 1.56. The van der Waals surface area contributed by atoms with Gasteiger partial charge in [-0.2, -0.15) is 0 Å². The molecule has 0 aromatic carbocycles. The lowest BCUT2D eigenvalue weighted by molar-refractivity contribution is 0.147. The minimum atomic E-state index is 0.852. The maximum atomic E-state index is 4.70. The smallest absolute Gasteiger partial charge is 0.135 e. The molecule has 0 amide bonds. The Morgan fingerprint density at radius 3 is 2.43 bits per heavy atom. The van der Waals surface area contributed by atoms with Gasteiger partial charge < -0.3 is 9.80 Å². The average molecular weight is 317 g/mol. The fraction of sp³-hybridized carbons (Fsp3) is 0.778. The summed E-state index contributed by atoms with van der Waals surface area (Å²) in [5.74, 6) is 2.88. The Hall–Kier alpha value is -1.20. The highest BCUT2D eigenvalue weighted by Crippen LogP contribution is 2.22. The zero-order chi connectivity index (χ0) is 16.4. The number of rotatable bonds is 3. The number of anilines is 1. The molecule has 128 valence electrons. The Morgan fingerprint density at radius 1 is 1.00 bits per heavy atom. The van der Waals surface area contributed by atoms with E-state index in [1.165, 1.54) is 38.0 Å². The molecular formula is C18H31N5. The van der Waals surface area contributed by atoms with Crippen LogP contribution in [-0.4, -0.2) is 72.6 Å². The van der Waals surface area contributed by atoms with Gasteiger partial charge in [0.05, 0.1) is 0 Å². The van der Waals surface area contributed by atoms with Crippen LogP contribution in [-0.2, 0) is 0 Å². The van der Waals surface area contributed by atoms with Crippen molar-refractivity contribution in [1.82, 2.24) is 19.8 Å². The summed E-state index contributed by atoms with van der Waals surface area (Å²) in [6.45, 7) is 14.5. The second-order valence-electron chi connectivity index (χ2n) is 7.36. The molecule has 0 saturated carbocycles. The van der Waals surface area contributed by atoms with Gasteiger partial charge in [0.15, 0.2) is 0 Å². The van der Waals surface area contributed by atoms with E-state index in [0.717, 1.165) is 49.4 Å². The summed E-state index contributed by atoms with van der Waals surface area (Å²) in [6.07, 6.45) is 2.76. The quantitative estimate of drug-likeness (QED) is 0.850. The van der Waals surface area contributed by atoms with E-state index in [2.05, 4.69) is 40.6 Å². The summed E-state index contributed by atoms with van der Waals surface area (Å²) < 4.78 is 0. The number of aryl methyl sites for hydroxylation is 2. The molecular weight excluding hydrogens is 286 g/mol. The van der Waals surface area contributed by atoms with Crippen LogP contribution in [0.3, 0.4) is 0 Å². The van der Waals surface area contributed by atoms with E-state index in [1.54, 1.807) is 0 Å². The van der Waals surface area contributed by atoms with Gasteiger partial charge in [0.25, 0.3) is 0 Å². The molecule has 1 aromatic rings. The molecule has 0 spiro atoms. The largest absolute Gasteiger partial charge is 0.354 e. The van der Waals surface area contributed by atoms with E-state index in [1.807, 2.05) is 6.92 Å². The molecule has 2 saturated heterocycles. The van der Waals surface area contributed by atoms with Gasteiger partial charge >= 0.3 is 0 Å². The van der Waals surface area contributed by atoms with E-state index in [4.69, 9.17) is 4.98 Å². The van der Waals surface area contributed by atoms with Crippen LogP contribution in [0.5, 0.6) is 0 Å². The van der Waals surface area contributed by atoms with Crippen LogP contribution >= 0.6 is 0 Å². The fourth-order valence-corrected chi connectivity index (χ4v) is 3.99. The molecule has 5 nitrogen and oxygen atoms in total. The monoisotopic (exact) mass is 317 g/mol. The molecule has 3 rings (SSSR count). The SMILES string of the molecule is Cc1nc(C)c(C)c(N2CCN(C[C@@H]3CCCN(C)C3)CC2)n1. The summed E-state index contributed by atoms with van der Waals surface area (Å²) in [6, 6.07) is 0. The van der Waals surface area contributed by atoms with Crippen LogP contribution in [0.25, 0.3) is 0 Å². The maximum absolute atomic E-state index is 4.70. The van der Waals surface area contributed by atoms with Crippen LogP contribution in [0.15, 0.2) is 0 Å². The number of hydrogen-bond acceptors (Lipinski definition) is 5. The van der Waals surface area contributed by atoms with E-state index in [9.17, 15) is 0 Å². The average Bonchev–Trinajstić information content (AvgIpc) is 2.52. The van der Waals surface area contributed by atoms with Gasteiger partial charge in [-0.25, -0.2) is 9.97 Å². The van der Waals surface area contributed by atoms with Gasteiger partial charge in [0, 0.05) is 50.5 Å². The maximum Gasteiger partial charge on any atom is 0.135 e. The molecule has 2 aliphatic rings. The van der Waals surface area contributed by atoms with Crippen LogP contribution < -0.4 is 4.90 Å². The molecule has 3 heterocycles. The Bertz CT molecular complexity index is 536. The molecule has 2 fully saturated rings. The van der Waals surface area contributed by atoms with Crippen LogP contribution in [0.2, 0.25) is 0 Å². The third kappa shape index (κ3) is 4.01. The molecule has 5 heteroatoms. The third-order valence-electron chi connectivity index (χ3n) is 5.39. The third-order valence-corrected chi connectivity index (χ3v) is 5.39. The second kappa shape index (κ2) is 7.14. The predicted octanol–water partition coefficient (Wildman–Crippen LogP) is 1.87. The molecule has 1 aromatic heterocycles. The van der Waals surface area contributed by atoms with Crippen molar-refractivity contribution in [3.63, 3.8) is 0 Å². The molecule has 0 aliphatic carbocycles. The van der Waals surface area contributed by atoms with E-state index in [-0.39, 0.29) is 0 Å². The van der Waals surface area contributed by atoms with Crippen molar-refractivity contribution in [2.45, 2.75) is 33.6 Å². The van der Waals surface area contributed by atoms with Gasteiger partial charge in [0.2, 0.25) is 0 Å². The number of piperazine rings is 1. The number of piperidine rings is 1. The van der Waals surface area contributed by atoms with Gasteiger partial charge in [-0.05, 0) is 53.1 Å². The first-order valence-corrected chi connectivity index (χ1v) is 9.00. The Kier molecular flexibility index (Phi) is 5.17. The summed E-state index contributed by atoms with van der Waals surface area (Å²) in [4.78, 5) is 16.8.